The molecule has 0 bridgehead atoms. The monoisotopic (exact) mass is 331 g/mol. The zero-order valence-electron chi connectivity index (χ0n) is 13.1. The first-order valence-electron chi connectivity index (χ1n) is 8.03. The minimum absolute atomic E-state index is 0. The van der Waals surface area contributed by atoms with Crippen LogP contribution in [0.1, 0.15) is 24.0 Å². The Kier molecular flexibility index (Phi) is 5.03. The maximum absolute atomic E-state index is 6.02. The van der Waals surface area contributed by atoms with Gasteiger partial charge in [0, 0.05) is 25.3 Å². The van der Waals surface area contributed by atoms with E-state index in [2.05, 4.69) is 45.5 Å². The van der Waals surface area contributed by atoms with E-state index >= 15 is 0 Å². The third-order valence-corrected chi connectivity index (χ3v) is 4.52. The molecule has 1 aromatic heterocycles. The molecule has 1 N–H and O–H groups in total. The summed E-state index contributed by atoms with van der Waals surface area (Å²) in [5.41, 5.74) is 3.89. The van der Waals surface area contributed by atoms with E-state index in [1.54, 1.807) is 0 Å². The summed E-state index contributed by atoms with van der Waals surface area (Å²) in [5, 5.41) is 3.46. The lowest BCUT2D eigenvalue weighted by Crippen LogP contribution is -2.28. The van der Waals surface area contributed by atoms with Gasteiger partial charge in [-0.3, -0.25) is 0 Å². The second-order valence-corrected chi connectivity index (χ2v) is 6.06. The first-order valence-corrected chi connectivity index (χ1v) is 8.03. The van der Waals surface area contributed by atoms with E-state index < -0.39 is 0 Å². The zero-order valence-corrected chi connectivity index (χ0v) is 13.9. The van der Waals surface area contributed by atoms with Crippen molar-refractivity contribution >= 4 is 18.1 Å². The van der Waals surface area contributed by atoms with Crippen LogP contribution in [0.3, 0.4) is 0 Å². The molecule has 0 spiro atoms. The average Bonchev–Trinajstić information content (AvgIpc) is 3.22. The Hall–Kier alpha value is -1.78. The maximum Gasteiger partial charge on any atom is 0.237 e. The highest BCUT2D eigenvalue weighted by Gasteiger charge is 2.22. The van der Waals surface area contributed by atoms with Crippen LogP contribution in [0.4, 0.5) is 5.69 Å². The molecule has 1 aromatic carbocycles. The van der Waals surface area contributed by atoms with Crippen molar-refractivity contribution in [3.05, 3.63) is 53.7 Å². The first-order chi connectivity index (χ1) is 10.9. The Bertz CT molecular complexity index is 633. The van der Waals surface area contributed by atoms with Crippen LogP contribution in [0, 0.1) is 0 Å². The number of hydrogen-bond acceptors (Lipinski definition) is 4. The smallest absolute Gasteiger partial charge is 0.237 e. The summed E-state index contributed by atoms with van der Waals surface area (Å²) in [6.45, 7) is 3.66. The number of nitrogens with one attached hydrogen (secondary N) is 1. The lowest BCUT2D eigenvalue weighted by molar-refractivity contribution is 0.268. The number of pyridine rings is 1. The van der Waals surface area contributed by atoms with Crippen molar-refractivity contribution in [2.75, 3.05) is 18.1 Å². The summed E-state index contributed by atoms with van der Waals surface area (Å²) < 4.78 is 6.02. The van der Waals surface area contributed by atoms with Crippen LogP contribution in [-0.4, -0.2) is 24.2 Å². The molecule has 0 amide bonds. The van der Waals surface area contributed by atoms with Crippen molar-refractivity contribution < 1.29 is 4.74 Å². The van der Waals surface area contributed by atoms with E-state index in [9.17, 15) is 0 Å². The maximum atomic E-state index is 6.02. The van der Waals surface area contributed by atoms with E-state index in [4.69, 9.17) is 4.74 Å². The molecule has 1 atom stereocenters. The zero-order chi connectivity index (χ0) is 14.8. The van der Waals surface area contributed by atoms with Crippen molar-refractivity contribution in [3.63, 3.8) is 0 Å². The molecule has 2 aromatic rings. The molecule has 2 aliphatic rings. The third kappa shape index (κ3) is 3.43. The number of aromatic nitrogens is 1. The molecular weight excluding hydrogens is 310 g/mol. The molecule has 2 aliphatic heterocycles. The van der Waals surface area contributed by atoms with Gasteiger partial charge in [-0.2, -0.15) is 0 Å². The molecule has 4 nitrogen and oxygen atoms in total. The van der Waals surface area contributed by atoms with Gasteiger partial charge in [0.1, 0.15) is 12.3 Å². The van der Waals surface area contributed by atoms with Crippen LogP contribution in [0.2, 0.25) is 0 Å². The second kappa shape index (κ2) is 7.20. The van der Waals surface area contributed by atoms with E-state index in [1.165, 1.54) is 24.0 Å². The van der Waals surface area contributed by atoms with E-state index in [-0.39, 0.29) is 12.4 Å². The summed E-state index contributed by atoms with van der Waals surface area (Å²) >= 11 is 0. The Morgan fingerprint density at radius 2 is 1.91 bits per heavy atom. The molecule has 0 unspecified atom stereocenters. The highest BCUT2D eigenvalue weighted by atomic mass is 35.5. The SMILES string of the molecule is Cl.c1ccc2c(c1)CN(c1cccnc1OC[C@H]1CCCN1)C2. The Labute approximate surface area is 143 Å². The predicted octanol–water partition coefficient (Wildman–Crippen LogP) is 3.15. The van der Waals surface area contributed by atoms with E-state index in [1.807, 2.05) is 12.3 Å². The third-order valence-electron chi connectivity index (χ3n) is 4.52. The van der Waals surface area contributed by atoms with Gasteiger partial charge in [-0.05, 0) is 42.6 Å². The normalized spacial score (nSPS) is 19.3. The van der Waals surface area contributed by atoms with Crippen LogP contribution in [0.15, 0.2) is 42.6 Å². The van der Waals surface area contributed by atoms with Gasteiger partial charge in [0.15, 0.2) is 0 Å². The molecule has 5 heteroatoms. The van der Waals surface area contributed by atoms with Gasteiger partial charge in [-0.1, -0.05) is 24.3 Å². The van der Waals surface area contributed by atoms with Crippen molar-refractivity contribution in [2.24, 2.45) is 0 Å². The number of benzene rings is 1. The number of fused-ring (bicyclic) bond motifs is 1. The fraction of sp³-hybridized carbons (Fsp3) is 0.389. The molecule has 0 radical (unpaired) electrons. The van der Waals surface area contributed by atoms with Crippen LogP contribution in [0.5, 0.6) is 5.88 Å². The Balaban J connectivity index is 0.00000156. The van der Waals surface area contributed by atoms with Gasteiger partial charge < -0.3 is 15.0 Å². The summed E-state index contributed by atoms with van der Waals surface area (Å²) in [6.07, 6.45) is 4.24. The van der Waals surface area contributed by atoms with Crippen molar-refractivity contribution in [3.8, 4) is 5.88 Å². The molecule has 4 rings (SSSR count). The molecular formula is C18H22ClN3O. The number of anilines is 1. The van der Waals surface area contributed by atoms with Gasteiger partial charge in [-0.15, -0.1) is 12.4 Å². The van der Waals surface area contributed by atoms with Crippen LogP contribution < -0.4 is 15.0 Å². The highest BCUT2D eigenvalue weighted by Crippen LogP contribution is 2.33. The molecule has 122 valence electrons. The minimum Gasteiger partial charge on any atom is -0.475 e. The second-order valence-electron chi connectivity index (χ2n) is 6.06. The number of nitrogens with zero attached hydrogens (tertiary/aromatic N) is 2. The largest absolute Gasteiger partial charge is 0.475 e. The van der Waals surface area contributed by atoms with Gasteiger partial charge >= 0.3 is 0 Å². The fourth-order valence-electron chi connectivity index (χ4n) is 3.32. The van der Waals surface area contributed by atoms with Gasteiger partial charge in [0.2, 0.25) is 5.88 Å². The fourth-order valence-corrected chi connectivity index (χ4v) is 3.32. The van der Waals surface area contributed by atoms with Crippen molar-refractivity contribution in [1.82, 2.24) is 10.3 Å². The van der Waals surface area contributed by atoms with Gasteiger partial charge in [0.25, 0.3) is 0 Å². The number of ether oxygens (including phenoxy) is 1. The average molecular weight is 332 g/mol. The number of rotatable bonds is 4. The molecule has 1 saturated heterocycles. The van der Waals surface area contributed by atoms with Crippen LogP contribution >= 0.6 is 12.4 Å². The number of halogens is 1. The standard InChI is InChI=1S/C18H21N3O.ClH/c1-2-6-15-12-21(11-14(15)5-1)17-8-4-10-20-18(17)22-13-16-7-3-9-19-16;/h1-2,4-6,8,10,16,19H,3,7,9,11-13H2;1H/t16-;/m1./s1. The quantitative estimate of drug-likeness (QED) is 0.934. The topological polar surface area (TPSA) is 37.4 Å². The molecule has 0 aliphatic carbocycles. The molecule has 23 heavy (non-hydrogen) atoms. The molecule has 0 saturated carbocycles. The van der Waals surface area contributed by atoms with E-state index in [0.29, 0.717) is 12.6 Å². The van der Waals surface area contributed by atoms with E-state index in [0.717, 1.165) is 31.2 Å². The number of hydrogen-bond donors (Lipinski definition) is 1. The lowest BCUT2D eigenvalue weighted by atomic mass is 10.1. The van der Waals surface area contributed by atoms with Crippen molar-refractivity contribution in [1.29, 1.82) is 0 Å². The first kappa shape index (κ1) is 16.1. The lowest BCUT2D eigenvalue weighted by Gasteiger charge is -2.21. The summed E-state index contributed by atoms with van der Waals surface area (Å²) in [6, 6.07) is 13.2. The van der Waals surface area contributed by atoms with Crippen LogP contribution in [0.25, 0.3) is 0 Å². The molecule has 3 heterocycles. The van der Waals surface area contributed by atoms with Gasteiger partial charge in [-0.25, -0.2) is 4.98 Å². The van der Waals surface area contributed by atoms with Gasteiger partial charge in [0.05, 0.1) is 0 Å². The minimum atomic E-state index is 0. The summed E-state index contributed by atoms with van der Waals surface area (Å²) in [7, 11) is 0. The van der Waals surface area contributed by atoms with Crippen LogP contribution in [-0.2, 0) is 13.1 Å². The summed E-state index contributed by atoms with van der Waals surface area (Å²) in [4.78, 5) is 6.80. The Morgan fingerprint density at radius 1 is 1.13 bits per heavy atom. The van der Waals surface area contributed by atoms with Crippen molar-refractivity contribution in [2.45, 2.75) is 32.0 Å². The highest BCUT2D eigenvalue weighted by molar-refractivity contribution is 5.85. The summed E-state index contributed by atoms with van der Waals surface area (Å²) in [5.74, 6) is 0.754. The predicted molar refractivity (Wildman–Crippen MR) is 94.3 cm³/mol. The molecule has 1 fully saturated rings. The Morgan fingerprint density at radius 3 is 2.61 bits per heavy atom.